The minimum Gasteiger partial charge on any atom is -0.295 e. The summed E-state index contributed by atoms with van der Waals surface area (Å²) in [6, 6.07) is 2.17. The van der Waals surface area contributed by atoms with Crippen LogP contribution in [0.25, 0.3) is 0 Å². The molecular formula is C13H11NO. The van der Waals surface area contributed by atoms with Crippen molar-refractivity contribution in [2.75, 3.05) is 0 Å². The van der Waals surface area contributed by atoms with E-state index >= 15 is 0 Å². The molecule has 2 rings (SSSR count). The van der Waals surface area contributed by atoms with Crippen LogP contribution in [0.15, 0.2) is 46.6 Å². The van der Waals surface area contributed by atoms with Gasteiger partial charge in [0.2, 0.25) is 0 Å². The van der Waals surface area contributed by atoms with Gasteiger partial charge in [-0.1, -0.05) is 24.3 Å². The highest BCUT2D eigenvalue weighted by Gasteiger charge is 2.20. The molecule has 0 radical (unpaired) electrons. The maximum atomic E-state index is 11.4. The number of hydrogen-bond donors (Lipinski definition) is 0. The van der Waals surface area contributed by atoms with Crippen molar-refractivity contribution in [2.24, 2.45) is 0 Å². The average Bonchev–Trinajstić information content (AvgIpc) is 2.85. The third-order valence-electron chi connectivity index (χ3n) is 2.69. The van der Waals surface area contributed by atoms with Gasteiger partial charge in [0, 0.05) is 5.57 Å². The van der Waals surface area contributed by atoms with Gasteiger partial charge in [-0.15, -0.1) is 0 Å². The van der Waals surface area contributed by atoms with Gasteiger partial charge in [0.15, 0.2) is 5.78 Å². The number of nitriles is 1. The first-order chi connectivity index (χ1) is 7.24. The van der Waals surface area contributed by atoms with E-state index in [0.29, 0.717) is 5.57 Å². The topological polar surface area (TPSA) is 40.9 Å². The van der Waals surface area contributed by atoms with Gasteiger partial charge in [-0.05, 0) is 30.9 Å². The van der Waals surface area contributed by atoms with Crippen LogP contribution in [0.1, 0.15) is 19.8 Å². The molecule has 2 aliphatic rings. The molecule has 0 saturated heterocycles. The Morgan fingerprint density at radius 1 is 1.47 bits per heavy atom. The minimum atomic E-state index is 0.0730. The first kappa shape index (κ1) is 9.67. The van der Waals surface area contributed by atoms with E-state index in [-0.39, 0.29) is 5.78 Å². The fourth-order valence-corrected chi connectivity index (χ4v) is 2.00. The van der Waals surface area contributed by atoms with Crippen molar-refractivity contribution in [2.45, 2.75) is 19.8 Å². The molecule has 0 aromatic rings. The molecule has 0 bridgehead atoms. The molecule has 0 aliphatic heterocycles. The minimum absolute atomic E-state index is 0.0730. The molecule has 0 atom stereocenters. The highest BCUT2D eigenvalue weighted by Crippen LogP contribution is 2.33. The molecule has 2 heteroatoms. The van der Waals surface area contributed by atoms with Gasteiger partial charge in [0.25, 0.3) is 0 Å². The molecule has 0 fully saturated rings. The Morgan fingerprint density at radius 2 is 2.27 bits per heavy atom. The Kier molecular flexibility index (Phi) is 2.39. The Bertz CT molecular complexity index is 481. The van der Waals surface area contributed by atoms with Crippen molar-refractivity contribution < 1.29 is 4.79 Å². The standard InChI is InChI=1S/C13H11NO/c1-9(15)11-5-3-7-13(11)12-6-2-4-10(12)8-14/h3-6H,2,7H2,1H3. The quantitative estimate of drug-likeness (QED) is 0.682. The summed E-state index contributed by atoms with van der Waals surface area (Å²) in [5.74, 6) is 0.0730. The third kappa shape index (κ3) is 1.57. The lowest BCUT2D eigenvalue weighted by Gasteiger charge is -2.06. The predicted octanol–water partition coefficient (Wildman–Crippen LogP) is 2.61. The smallest absolute Gasteiger partial charge is 0.160 e. The van der Waals surface area contributed by atoms with Crippen LogP contribution in [0.2, 0.25) is 0 Å². The van der Waals surface area contributed by atoms with E-state index in [9.17, 15) is 4.79 Å². The molecule has 0 saturated carbocycles. The van der Waals surface area contributed by atoms with Crippen LogP contribution >= 0.6 is 0 Å². The summed E-state index contributed by atoms with van der Waals surface area (Å²) in [4.78, 5) is 11.4. The fourth-order valence-electron chi connectivity index (χ4n) is 2.00. The van der Waals surface area contributed by atoms with E-state index in [4.69, 9.17) is 5.26 Å². The first-order valence-corrected chi connectivity index (χ1v) is 4.96. The SMILES string of the molecule is CC(=O)C1=C(C2=CCC=C2C#N)CC=C1. The Balaban J connectivity index is 2.42. The van der Waals surface area contributed by atoms with Crippen molar-refractivity contribution in [1.29, 1.82) is 5.26 Å². The van der Waals surface area contributed by atoms with Crippen molar-refractivity contribution in [3.8, 4) is 6.07 Å². The van der Waals surface area contributed by atoms with E-state index in [1.807, 2.05) is 24.3 Å². The average molecular weight is 197 g/mol. The van der Waals surface area contributed by atoms with Crippen LogP contribution < -0.4 is 0 Å². The van der Waals surface area contributed by atoms with Crippen molar-refractivity contribution in [1.82, 2.24) is 0 Å². The Hall–Kier alpha value is -1.88. The normalized spacial score (nSPS) is 18.9. The van der Waals surface area contributed by atoms with Crippen molar-refractivity contribution in [3.05, 3.63) is 46.6 Å². The predicted molar refractivity (Wildman–Crippen MR) is 57.9 cm³/mol. The molecule has 15 heavy (non-hydrogen) atoms. The van der Waals surface area contributed by atoms with Gasteiger partial charge in [-0.3, -0.25) is 4.79 Å². The second kappa shape index (κ2) is 3.70. The number of ketones is 1. The Morgan fingerprint density at radius 3 is 2.93 bits per heavy atom. The van der Waals surface area contributed by atoms with E-state index < -0.39 is 0 Å². The highest BCUT2D eigenvalue weighted by atomic mass is 16.1. The molecule has 0 aromatic heterocycles. The maximum Gasteiger partial charge on any atom is 0.160 e. The van der Waals surface area contributed by atoms with Gasteiger partial charge in [-0.25, -0.2) is 0 Å². The number of carbonyl (C=O) groups excluding carboxylic acids is 1. The number of carbonyl (C=O) groups is 1. The zero-order valence-corrected chi connectivity index (χ0v) is 8.58. The van der Waals surface area contributed by atoms with Crippen LogP contribution in [-0.4, -0.2) is 5.78 Å². The number of hydrogen-bond acceptors (Lipinski definition) is 2. The van der Waals surface area contributed by atoms with Gasteiger partial charge in [0.1, 0.15) is 0 Å². The molecule has 0 spiro atoms. The van der Waals surface area contributed by atoms with E-state index in [0.717, 1.165) is 29.6 Å². The molecule has 0 heterocycles. The summed E-state index contributed by atoms with van der Waals surface area (Å²) in [5.41, 5.74) is 3.41. The second-order valence-electron chi connectivity index (χ2n) is 3.64. The molecule has 2 aliphatic carbocycles. The lowest BCUT2D eigenvalue weighted by Crippen LogP contribution is -1.98. The highest BCUT2D eigenvalue weighted by molar-refractivity contribution is 5.99. The molecular weight excluding hydrogens is 186 g/mol. The fraction of sp³-hybridized carbons (Fsp3) is 0.231. The molecule has 0 amide bonds. The van der Waals surface area contributed by atoms with Gasteiger partial charge in [-0.2, -0.15) is 5.26 Å². The van der Waals surface area contributed by atoms with E-state index in [1.165, 1.54) is 0 Å². The zero-order valence-electron chi connectivity index (χ0n) is 8.58. The summed E-state index contributed by atoms with van der Waals surface area (Å²) >= 11 is 0. The lowest BCUT2D eigenvalue weighted by atomic mass is 9.96. The molecule has 74 valence electrons. The monoisotopic (exact) mass is 197 g/mol. The summed E-state index contributed by atoms with van der Waals surface area (Å²) in [7, 11) is 0. The number of nitrogens with zero attached hydrogens (tertiary/aromatic N) is 1. The number of allylic oxidation sites excluding steroid dienone is 8. The van der Waals surface area contributed by atoms with Crippen LogP contribution in [0.5, 0.6) is 0 Å². The third-order valence-corrected chi connectivity index (χ3v) is 2.69. The van der Waals surface area contributed by atoms with Crippen LogP contribution in [0.3, 0.4) is 0 Å². The van der Waals surface area contributed by atoms with Crippen LogP contribution in [-0.2, 0) is 4.79 Å². The van der Waals surface area contributed by atoms with Crippen molar-refractivity contribution >= 4 is 5.78 Å². The number of rotatable bonds is 2. The van der Waals surface area contributed by atoms with Crippen LogP contribution in [0.4, 0.5) is 0 Å². The summed E-state index contributed by atoms with van der Waals surface area (Å²) in [5, 5.41) is 8.93. The maximum absolute atomic E-state index is 11.4. The van der Waals surface area contributed by atoms with Gasteiger partial charge < -0.3 is 0 Å². The van der Waals surface area contributed by atoms with E-state index in [2.05, 4.69) is 6.07 Å². The van der Waals surface area contributed by atoms with Crippen molar-refractivity contribution in [3.63, 3.8) is 0 Å². The van der Waals surface area contributed by atoms with Crippen LogP contribution in [0, 0.1) is 11.3 Å². The Labute approximate surface area is 88.9 Å². The molecule has 0 aromatic carbocycles. The summed E-state index contributed by atoms with van der Waals surface area (Å²) in [6.07, 6.45) is 9.31. The van der Waals surface area contributed by atoms with Gasteiger partial charge in [0.05, 0.1) is 11.6 Å². The molecule has 0 N–H and O–H groups in total. The van der Waals surface area contributed by atoms with E-state index in [1.54, 1.807) is 6.92 Å². The summed E-state index contributed by atoms with van der Waals surface area (Å²) < 4.78 is 0. The summed E-state index contributed by atoms with van der Waals surface area (Å²) in [6.45, 7) is 1.57. The largest absolute Gasteiger partial charge is 0.295 e. The first-order valence-electron chi connectivity index (χ1n) is 4.96. The zero-order chi connectivity index (χ0) is 10.8. The molecule has 0 unspecified atom stereocenters. The lowest BCUT2D eigenvalue weighted by molar-refractivity contribution is -0.113. The molecule has 2 nitrogen and oxygen atoms in total. The van der Waals surface area contributed by atoms with Gasteiger partial charge >= 0.3 is 0 Å². The second-order valence-corrected chi connectivity index (χ2v) is 3.64. The number of Topliss-reactive ketones (excluding diaryl/α,β-unsaturated/α-hetero) is 1.